The van der Waals surface area contributed by atoms with Crippen LogP contribution < -0.4 is 5.32 Å². The number of halogens is 3. The molecule has 1 aliphatic heterocycles. The van der Waals surface area contributed by atoms with E-state index < -0.39 is 16.1 Å². The Labute approximate surface area is 183 Å². The van der Waals surface area contributed by atoms with E-state index in [1.807, 2.05) is 4.90 Å². The summed E-state index contributed by atoms with van der Waals surface area (Å²) in [4.78, 5) is 14.5. The third-order valence-corrected chi connectivity index (χ3v) is 8.69. The van der Waals surface area contributed by atoms with E-state index in [1.54, 1.807) is 31.2 Å². The lowest BCUT2D eigenvalue weighted by Crippen LogP contribution is -2.53. The highest BCUT2D eigenvalue weighted by Gasteiger charge is 2.32. The SMILES string of the molecule is CC(C(=O)Nc1cc(Cl)ccc1Cl)N1CCN(S(=O)(=O)c2ccc(Cl)s2)CC1. The fourth-order valence-electron chi connectivity index (χ4n) is 2.89. The molecule has 0 bridgehead atoms. The Balaban J connectivity index is 1.61. The summed E-state index contributed by atoms with van der Waals surface area (Å²) in [5, 5.41) is 3.65. The summed E-state index contributed by atoms with van der Waals surface area (Å²) in [6.45, 7) is 3.25. The van der Waals surface area contributed by atoms with Gasteiger partial charge in [-0.1, -0.05) is 34.8 Å². The number of thiophene rings is 1. The minimum atomic E-state index is -3.56. The van der Waals surface area contributed by atoms with E-state index in [4.69, 9.17) is 34.8 Å². The molecule has 1 N–H and O–H groups in total. The number of anilines is 1. The number of carbonyl (C=O) groups excluding carboxylic acids is 1. The summed E-state index contributed by atoms with van der Waals surface area (Å²) in [7, 11) is -3.56. The van der Waals surface area contributed by atoms with Crippen LogP contribution in [-0.2, 0) is 14.8 Å². The highest BCUT2D eigenvalue weighted by Crippen LogP contribution is 2.29. The molecule has 2 heterocycles. The number of rotatable bonds is 5. The van der Waals surface area contributed by atoms with E-state index in [0.29, 0.717) is 46.2 Å². The summed E-state index contributed by atoms with van der Waals surface area (Å²) in [5.41, 5.74) is 0.446. The maximum absolute atomic E-state index is 12.7. The predicted molar refractivity (Wildman–Crippen MR) is 114 cm³/mol. The lowest BCUT2D eigenvalue weighted by Gasteiger charge is -2.36. The number of hydrogen-bond donors (Lipinski definition) is 1. The Hall–Kier alpha value is -0.870. The van der Waals surface area contributed by atoms with E-state index in [1.165, 1.54) is 10.4 Å². The molecule has 0 saturated carbocycles. The first-order chi connectivity index (χ1) is 13.2. The lowest BCUT2D eigenvalue weighted by atomic mass is 10.2. The number of piperazine rings is 1. The van der Waals surface area contributed by atoms with Crippen LogP contribution in [0.1, 0.15) is 6.92 Å². The maximum atomic E-state index is 12.7. The zero-order valence-electron chi connectivity index (χ0n) is 14.9. The quantitative estimate of drug-likeness (QED) is 0.698. The van der Waals surface area contributed by atoms with Gasteiger partial charge in [0.25, 0.3) is 10.0 Å². The van der Waals surface area contributed by atoms with E-state index in [9.17, 15) is 13.2 Å². The molecule has 0 aliphatic carbocycles. The molecule has 1 amide bonds. The van der Waals surface area contributed by atoms with Gasteiger partial charge in [0.15, 0.2) is 0 Å². The molecule has 0 spiro atoms. The number of amides is 1. The van der Waals surface area contributed by atoms with Gasteiger partial charge in [-0.15, -0.1) is 11.3 Å². The number of nitrogens with one attached hydrogen (secondary N) is 1. The van der Waals surface area contributed by atoms with Crippen molar-refractivity contribution in [3.05, 3.63) is 44.7 Å². The molecule has 152 valence electrons. The average molecular weight is 483 g/mol. The Morgan fingerprint density at radius 1 is 1.11 bits per heavy atom. The topological polar surface area (TPSA) is 69.7 Å². The van der Waals surface area contributed by atoms with Crippen molar-refractivity contribution in [2.24, 2.45) is 0 Å². The van der Waals surface area contributed by atoms with Crippen LogP contribution in [0.2, 0.25) is 14.4 Å². The molecule has 3 rings (SSSR count). The molecule has 0 radical (unpaired) electrons. The van der Waals surface area contributed by atoms with Crippen molar-refractivity contribution in [1.29, 1.82) is 0 Å². The smallest absolute Gasteiger partial charge is 0.252 e. The van der Waals surface area contributed by atoms with Crippen LogP contribution in [0.15, 0.2) is 34.5 Å². The van der Waals surface area contributed by atoms with Crippen molar-refractivity contribution < 1.29 is 13.2 Å². The van der Waals surface area contributed by atoms with Crippen LogP contribution in [0.5, 0.6) is 0 Å². The second kappa shape index (κ2) is 8.87. The van der Waals surface area contributed by atoms with E-state index in [0.717, 1.165) is 11.3 Å². The highest BCUT2D eigenvalue weighted by molar-refractivity contribution is 7.91. The van der Waals surface area contributed by atoms with Gasteiger partial charge >= 0.3 is 0 Å². The van der Waals surface area contributed by atoms with E-state index in [2.05, 4.69) is 5.32 Å². The maximum Gasteiger partial charge on any atom is 0.252 e. The summed E-state index contributed by atoms with van der Waals surface area (Å²) < 4.78 is 27.4. The summed E-state index contributed by atoms with van der Waals surface area (Å²) in [5.74, 6) is -0.231. The number of hydrogen-bond acceptors (Lipinski definition) is 5. The number of sulfonamides is 1. The van der Waals surface area contributed by atoms with E-state index >= 15 is 0 Å². The van der Waals surface area contributed by atoms with Gasteiger partial charge in [-0.25, -0.2) is 8.42 Å². The second-order valence-corrected chi connectivity index (χ2v) is 11.0. The predicted octanol–water partition coefficient (Wildman–Crippen LogP) is 4.04. The van der Waals surface area contributed by atoms with Crippen molar-refractivity contribution in [1.82, 2.24) is 9.21 Å². The van der Waals surface area contributed by atoms with Crippen molar-refractivity contribution >= 4 is 67.8 Å². The lowest BCUT2D eigenvalue weighted by molar-refractivity contribution is -0.121. The molecule has 11 heteroatoms. The normalized spacial score (nSPS) is 17.4. The third kappa shape index (κ3) is 4.81. The molecule has 1 fully saturated rings. The number of benzene rings is 1. The minimum absolute atomic E-state index is 0.229. The third-order valence-electron chi connectivity index (χ3n) is 4.53. The standard InChI is InChI=1S/C17H18Cl3N3O3S2/c1-11(17(24)21-14-10-12(18)2-3-13(14)19)22-6-8-23(9-7-22)28(25,26)16-5-4-15(20)27-16/h2-5,10-11H,6-9H2,1H3,(H,21,24). The number of carbonyl (C=O) groups is 1. The van der Waals surface area contributed by atoms with Gasteiger partial charge in [0.1, 0.15) is 4.21 Å². The largest absolute Gasteiger partial charge is 0.323 e. The van der Waals surface area contributed by atoms with Crippen LogP contribution in [0.3, 0.4) is 0 Å². The first kappa shape index (κ1) is 21.8. The molecule has 2 aromatic rings. The molecular formula is C17H18Cl3N3O3S2. The van der Waals surface area contributed by atoms with Gasteiger partial charge < -0.3 is 5.32 Å². The second-order valence-electron chi connectivity index (χ2n) is 6.29. The van der Waals surface area contributed by atoms with Crippen LogP contribution in [0.25, 0.3) is 0 Å². The fourth-order valence-corrected chi connectivity index (χ4v) is 6.29. The molecule has 1 aromatic heterocycles. The van der Waals surface area contributed by atoms with Crippen LogP contribution in [0, 0.1) is 0 Å². The molecule has 1 atom stereocenters. The van der Waals surface area contributed by atoms with Crippen molar-refractivity contribution in [3.8, 4) is 0 Å². The Morgan fingerprint density at radius 2 is 1.79 bits per heavy atom. The van der Waals surface area contributed by atoms with Gasteiger partial charge in [-0.05, 0) is 37.3 Å². The van der Waals surface area contributed by atoms with Gasteiger partial charge in [0, 0.05) is 31.2 Å². The van der Waals surface area contributed by atoms with E-state index in [-0.39, 0.29) is 10.1 Å². The summed E-state index contributed by atoms with van der Waals surface area (Å²) >= 11 is 18.9. The molecule has 1 saturated heterocycles. The van der Waals surface area contributed by atoms with Crippen molar-refractivity contribution in [3.63, 3.8) is 0 Å². The van der Waals surface area contributed by atoms with Crippen molar-refractivity contribution in [2.75, 3.05) is 31.5 Å². The van der Waals surface area contributed by atoms with Gasteiger partial charge in [0.2, 0.25) is 5.91 Å². The number of nitrogens with zero attached hydrogens (tertiary/aromatic N) is 2. The fraction of sp³-hybridized carbons (Fsp3) is 0.353. The molecular weight excluding hydrogens is 465 g/mol. The molecule has 6 nitrogen and oxygen atoms in total. The Bertz CT molecular complexity index is 973. The zero-order valence-corrected chi connectivity index (χ0v) is 18.8. The Morgan fingerprint density at radius 3 is 2.39 bits per heavy atom. The highest BCUT2D eigenvalue weighted by atomic mass is 35.5. The monoisotopic (exact) mass is 481 g/mol. The van der Waals surface area contributed by atoms with Crippen molar-refractivity contribution in [2.45, 2.75) is 17.2 Å². The van der Waals surface area contributed by atoms with Crippen LogP contribution in [0.4, 0.5) is 5.69 Å². The molecule has 1 aliphatic rings. The van der Waals surface area contributed by atoms with Gasteiger partial charge in [0.05, 0.1) is 21.1 Å². The average Bonchev–Trinajstić information content (AvgIpc) is 3.11. The molecule has 1 unspecified atom stereocenters. The Kier molecular flexibility index (Phi) is 6.92. The zero-order chi connectivity index (χ0) is 20.5. The van der Waals surface area contributed by atoms with Gasteiger partial charge in [-0.2, -0.15) is 4.31 Å². The van der Waals surface area contributed by atoms with Gasteiger partial charge in [-0.3, -0.25) is 9.69 Å². The van der Waals surface area contributed by atoms with Crippen LogP contribution >= 0.6 is 46.1 Å². The molecule has 28 heavy (non-hydrogen) atoms. The first-order valence-electron chi connectivity index (χ1n) is 8.44. The minimum Gasteiger partial charge on any atom is -0.323 e. The first-order valence-corrected chi connectivity index (χ1v) is 11.8. The summed E-state index contributed by atoms with van der Waals surface area (Å²) in [6.07, 6.45) is 0. The summed E-state index contributed by atoms with van der Waals surface area (Å²) in [6, 6.07) is 7.48. The molecule has 1 aromatic carbocycles. The van der Waals surface area contributed by atoms with Crippen LogP contribution in [-0.4, -0.2) is 55.8 Å².